The molecule has 0 spiro atoms. The summed E-state index contributed by atoms with van der Waals surface area (Å²) in [4.78, 5) is 9.83. The summed E-state index contributed by atoms with van der Waals surface area (Å²) < 4.78 is 0. The van der Waals surface area contributed by atoms with E-state index in [1.54, 1.807) is 0 Å². The minimum Gasteiger partial charge on any atom is -0.492 e. The zero-order chi connectivity index (χ0) is 8.55. The molecule has 0 saturated carbocycles. The molecule has 12 heavy (non-hydrogen) atoms. The van der Waals surface area contributed by atoms with Crippen molar-refractivity contribution in [1.82, 2.24) is 15.4 Å². The van der Waals surface area contributed by atoms with Crippen LogP contribution in [0.3, 0.4) is 0 Å². The predicted octanol–water partition coefficient (Wildman–Crippen LogP) is 0.495. The van der Waals surface area contributed by atoms with Crippen molar-refractivity contribution in [2.75, 3.05) is 0 Å². The van der Waals surface area contributed by atoms with Crippen LogP contribution in [0.1, 0.15) is 0 Å². The lowest BCUT2D eigenvalue weighted by atomic mass is 10.3. The predicted molar refractivity (Wildman–Crippen MR) is 39.5 cm³/mol. The lowest BCUT2D eigenvalue weighted by Crippen LogP contribution is -1.86. The van der Waals surface area contributed by atoms with Gasteiger partial charge in [0, 0.05) is 12.1 Å². The molecular formula is C6H3N4O2-. The van der Waals surface area contributed by atoms with Crippen molar-refractivity contribution in [1.29, 1.82) is 0 Å². The molecule has 2 aromatic rings. The number of non-ortho nitro benzene ring substituents is 1. The van der Waals surface area contributed by atoms with Crippen LogP contribution in [-0.4, -0.2) is 15.1 Å². The summed E-state index contributed by atoms with van der Waals surface area (Å²) in [5.74, 6) is 0. The Hall–Kier alpha value is -1.98. The fourth-order valence-electron chi connectivity index (χ4n) is 0.909. The number of nitrogens with zero attached hydrogens (tertiary/aromatic N) is 4. The highest BCUT2D eigenvalue weighted by Gasteiger charge is 2.04. The van der Waals surface area contributed by atoms with Gasteiger partial charge in [0.2, 0.25) is 0 Å². The van der Waals surface area contributed by atoms with E-state index in [4.69, 9.17) is 0 Å². The molecule has 1 aromatic carbocycles. The second kappa shape index (κ2) is 2.26. The van der Waals surface area contributed by atoms with E-state index in [2.05, 4.69) is 15.4 Å². The number of aromatic nitrogens is 3. The first kappa shape index (κ1) is 6.71. The molecule has 0 saturated heterocycles. The quantitative estimate of drug-likeness (QED) is 0.451. The van der Waals surface area contributed by atoms with Crippen LogP contribution in [0, 0.1) is 10.1 Å². The van der Waals surface area contributed by atoms with Gasteiger partial charge in [-0.2, -0.15) is 0 Å². The van der Waals surface area contributed by atoms with Crippen LogP contribution in [-0.2, 0) is 0 Å². The maximum atomic E-state index is 10.3. The van der Waals surface area contributed by atoms with Crippen LogP contribution >= 0.6 is 0 Å². The standard InChI is InChI=1S/C6H3N4O2/c11-10(12)4-1-2-5-6(3-4)8-9-7-5/h1-3H/q-1. The molecule has 2 rings (SSSR count). The molecule has 60 valence electrons. The Kier molecular flexibility index (Phi) is 1.26. The summed E-state index contributed by atoms with van der Waals surface area (Å²) in [5.41, 5.74) is 1.02. The molecule has 0 unspecified atom stereocenters. The number of fused-ring (bicyclic) bond motifs is 1. The van der Waals surface area contributed by atoms with Gasteiger partial charge in [-0.1, -0.05) is 0 Å². The second-order valence-electron chi connectivity index (χ2n) is 2.22. The monoisotopic (exact) mass is 163 g/mol. The normalized spacial score (nSPS) is 10.3. The van der Waals surface area contributed by atoms with Gasteiger partial charge in [-0.15, -0.1) is 0 Å². The van der Waals surface area contributed by atoms with Crippen molar-refractivity contribution in [2.24, 2.45) is 0 Å². The first-order chi connectivity index (χ1) is 5.77. The van der Waals surface area contributed by atoms with E-state index in [1.807, 2.05) is 0 Å². The number of rotatable bonds is 1. The van der Waals surface area contributed by atoms with Crippen LogP contribution in [0.25, 0.3) is 11.0 Å². The number of nitro benzene ring substituents is 1. The molecule has 0 aliphatic carbocycles. The maximum Gasteiger partial charge on any atom is 0.271 e. The molecule has 0 fully saturated rings. The van der Waals surface area contributed by atoms with Crippen LogP contribution < -0.4 is 5.21 Å². The summed E-state index contributed by atoms with van der Waals surface area (Å²) in [6, 6.07) is 4.24. The summed E-state index contributed by atoms with van der Waals surface area (Å²) in [6.07, 6.45) is 0. The highest BCUT2D eigenvalue weighted by atomic mass is 16.6. The fraction of sp³-hybridized carbons (Fsp3) is 0. The molecular weight excluding hydrogens is 160 g/mol. The number of nitro groups is 1. The molecule has 0 atom stereocenters. The van der Waals surface area contributed by atoms with Crippen molar-refractivity contribution in [2.45, 2.75) is 0 Å². The zero-order valence-electron chi connectivity index (χ0n) is 5.84. The largest absolute Gasteiger partial charge is 0.492 e. The summed E-state index contributed by atoms with van der Waals surface area (Å²) in [6.45, 7) is 0. The smallest absolute Gasteiger partial charge is 0.271 e. The molecule has 0 bridgehead atoms. The highest BCUT2D eigenvalue weighted by Crippen LogP contribution is 2.15. The van der Waals surface area contributed by atoms with Crippen molar-refractivity contribution in [3.05, 3.63) is 28.3 Å². The van der Waals surface area contributed by atoms with E-state index in [1.165, 1.54) is 18.2 Å². The molecule has 1 heterocycles. The van der Waals surface area contributed by atoms with E-state index in [0.29, 0.717) is 11.0 Å². The van der Waals surface area contributed by atoms with Gasteiger partial charge in [-0.3, -0.25) is 10.1 Å². The first-order valence-corrected chi connectivity index (χ1v) is 3.17. The summed E-state index contributed by atoms with van der Waals surface area (Å²) in [5, 5.41) is 20.9. The Morgan fingerprint density at radius 3 is 2.83 bits per heavy atom. The molecule has 0 radical (unpaired) electrons. The molecule has 0 aliphatic rings. The second-order valence-corrected chi connectivity index (χ2v) is 2.22. The van der Waals surface area contributed by atoms with Crippen molar-refractivity contribution in [3.63, 3.8) is 0 Å². The molecule has 6 heteroatoms. The Balaban J connectivity index is 2.68. The SMILES string of the molecule is O=[N+]([O-])c1ccc2n[n-]nc2c1. The van der Waals surface area contributed by atoms with Gasteiger partial charge in [-0.05, 0) is 6.07 Å². The minimum absolute atomic E-state index is 0.00444. The molecule has 0 aliphatic heterocycles. The Morgan fingerprint density at radius 1 is 1.33 bits per heavy atom. The van der Waals surface area contributed by atoms with Crippen LogP contribution in [0.5, 0.6) is 0 Å². The topological polar surface area (TPSA) is 83.0 Å². The van der Waals surface area contributed by atoms with Gasteiger partial charge in [0.05, 0.1) is 16.0 Å². The van der Waals surface area contributed by atoms with Gasteiger partial charge in [0.1, 0.15) is 0 Å². The third kappa shape index (κ3) is 0.895. The van der Waals surface area contributed by atoms with Crippen LogP contribution in [0.4, 0.5) is 5.69 Å². The number of hydrogen-bond donors (Lipinski definition) is 0. The molecule has 0 N–H and O–H groups in total. The van der Waals surface area contributed by atoms with Gasteiger partial charge >= 0.3 is 0 Å². The van der Waals surface area contributed by atoms with Crippen LogP contribution in [0.2, 0.25) is 0 Å². The Labute approximate surface area is 66.4 Å². The fourth-order valence-corrected chi connectivity index (χ4v) is 0.909. The average Bonchev–Trinajstić information content (AvgIpc) is 2.49. The van der Waals surface area contributed by atoms with E-state index in [-0.39, 0.29) is 5.69 Å². The Bertz CT molecular complexity index is 436. The van der Waals surface area contributed by atoms with E-state index >= 15 is 0 Å². The lowest BCUT2D eigenvalue weighted by Gasteiger charge is -1.89. The van der Waals surface area contributed by atoms with Crippen molar-refractivity contribution < 1.29 is 4.92 Å². The van der Waals surface area contributed by atoms with Gasteiger partial charge in [0.15, 0.2) is 0 Å². The third-order valence-electron chi connectivity index (χ3n) is 1.47. The average molecular weight is 163 g/mol. The van der Waals surface area contributed by atoms with E-state index in [0.717, 1.165) is 0 Å². The van der Waals surface area contributed by atoms with Gasteiger partial charge in [-0.25, -0.2) is 0 Å². The number of hydrogen-bond acceptors (Lipinski definition) is 4. The maximum absolute atomic E-state index is 10.3. The van der Waals surface area contributed by atoms with Gasteiger partial charge < -0.3 is 15.4 Å². The van der Waals surface area contributed by atoms with Crippen molar-refractivity contribution >= 4 is 16.7 Å². The lowest BCUT2D eigenvalue weighted by molar-refractivity contribution is -0.384. The van der Waals surface area contributed by atoms with Crippen LogP contribution in [0.15, 0.2) is 18.2 Å². The molecule has 6 nitrogen and oxygen atoms in total. The minimum atomic E-state index is -0.478. The number of benzene rings is 1. The summed E-state index contributed by atoms with van der Waals surface area (Å²) >= 11 is 0. The first-order valence-electron chi connectivity index (χ1n) is 3.17. The Morgan fingerprint density at radius 2 is 2.08 bits per heavy atom. The van der Waals surface area contributed by atoms with Crippen molar-refractivity contribution in [3.8, 4) is 0 Å². The third-order valence-corrected chi connectivity index (χ3v) is 1.47. The highest BCUT2D eigenvalue weighted by molar-refractivity contribution is 5.76. The van der Waals surface area contributed by atoms with Gasteiger partial charge in [0.25, 0.3) is 5.69 Å². The van der Waals surface area contributed by atoms with E-state index in [9.17, 15) is 10.1 Å². The molecule has 0 amide bonds. The van der Waals surface area contributed by atoms with E-state index < -0.39 is 4.92 Å². The summed E-state index contributed by atoms with van der Waals surface area (Å²) in [7, 11) is 0. The zero-order valence-corrected chi connectivity index (χ0v) is 5.84. The molecule has 1 aromatic heterocycles.